The molecule has 0 aromatic heterocycles. The third-order valence-corrected chi connectivity index (χ3v) is 0. The monoisotopic (exact) mass is 214 g/mol. The molecule has 0 fully saturated rings. The predicted octanol–water partition coefficient (Wildman–Crippen LogP) is -0.623. The molecular weight excluding hydrogens is 211 g/mol. The van der Waals surface area contributed by atoms with Crippen molar-refractivity contribution in [3.63, 3.8) is 0 Å². The van der Waals surface area contributed by atoms with E-state index in [1.54, 1.807) is 0 Å². The molecule has 45 valence electrons. The van der Waals surface area contributed by atoms with Crippen molar-refractivity contribution < 1.29 is 37.0 Å². The van der Waals surface area contributed by atoms with Crippen LogP contribution >= 0.6 is 0 Å². The molecule has 0 aliphatic heterocycles. The first kappa shape index (κ1) is 15.7. The van der Waals surface area contributed by atoms with Crippen molar-refractivity contribution in [2.24, 2.45) is 0 Å². The van der Waals surface area contributed by atoms with E-state index >= 15 is 0 Å². The molecule has 7 heavy (non-hydrogen) atoms. The first-order valence-electron chi connectivity index (χ1n) is 0.667. The van der Waals surface area contributed by atoms with Crippen LogP contribution in [0.25, 0.3) is 6.15 Å². The largest absolute Gasteiger partial charge is 3.00 e. The standard InChI is InChI=1S/H2N.H2O4S.Ru/c;1-5(2,3)4;/h1H2;(H2,1,2,3,4);/q-1;;+3/p-2. The fourth-order valence-corrected chi connectivity index (χ4v) is 0. The average Bonchev–Trinajstić information content (AvgIpc) is 0.722. The first-order chi connectivity index (χ1) is 2.00. The minimum Gasteiger partial charge on any atom is -0.759 e. The third-order valence-electron chi connectivity index (χ3n) is 0. The summed E-state index contributed by atoms with van der Waals surface area (Å²) >= 11 is 0. The van der Waals surface area contributed by atoms with Crippen molar-refractivity contribution >= 4 is 10.4 Å². The van der Waals surface area contributed by atoms with Gasteiger partial charge in [-0.2, -0.15) is 0 Å². The summed E-state index contributed by atoms with van der Waals surface area (Å²) in [5.41, 5.74) is 0. The summed E-state index contributed by atoms with van der Waals surface area (Å²) in [7, 11) is -5.17. The molecule has 0 amide bonds. The maximum atomic E-state index is 8.52. The number of rotatable bonds is 0. The summed E-state index contributed by atoms with van der Waals surface area (Å²) in [5.74, 6) is 0. The van der Waals surface area contributed by atoms with Crippen LogP contribution in [0, 0.1) is 0 Å². The molecule has 0 spiro atoms. The molecule has 0 aliphatic rings. The van der Waals surface area contributed by atoms with Gasteiger partial charge < -0.3 is 15.3 Å². The van der Waals surface area contributed by atoms with Gasteiger partial charge in [-0.15, -0.1) is 0 Å². The van der Waals surface area contributed by atoms with E-state index in [-0.39, 0.29) is 25.6 Å². The van der Waals surface area contributed by atoms with E-state index in [0.29, 0.717) is 0 Å². The summed E-state index contributed by atoms with van der Waals surface area (Å²) < 4.78 is 34.1. The SMILES string of the molecule is O=S(=O)([O-])[O-].[NH2-].[Ru+3]. The molecular formula is H2NO4RuS. The fourth-order valence-electron chi connectivity index (χ4n) is 0. The van der Waals surface area contributed by atoms with Crippen LogP contribution in [0.4, 0.5) is 0 Å². The molecule has 0 bridgehead atoms. The summed E-state index contributed by atoms with van der Waals surface area (Å²) in [6, 6.07) is 0. The molecule has 0 aromatic carbocycles. The predicted molar refractivity (Wildman–Crippen MR) is 15.8 cm³/mol. The topological polar surface area (TPSA) is 114 Å². The van der Waals surface area contributed by atoms with Gasteiger partial charge in [0.05, 0.1) is 0 Å². The molecule has 7 heteroatoms. The maximum absolute atomic E-state index is 8.52. The molecule has 2 N–H and O–H groups in total. The van der Waals surface area contributed by atoms with Crippen LogP contribution in [0.2, 0.25) is 0 Å². The van der Waals surface area contributed by atoms with Crippen LogP contribution in [0.3, 0.4) is 0 Å². The zero-order valence-corrected chi connectivity index (χ0v) is 5.53. The van der Waals surface area contributed by atoms with Crippen LogP contribution in [-0.2, 0) is 29.9 Å². The van der Waals surface area contributed by atoms with Crippen molar-refractivity contribution in [2.45, 2.75) is 0 Å². The van der Waals surface area contributed by atoms with Gasteiger partial charge in [0, 0.05) is 10.4 Å². The molecule has 0 rings (SSSR count). The number of nitrogens with two attached hydrogens (primary N) is 1. The van der Waals surface area contributed by atoms with Gasteiger partial charge in [-0.25, -0.2) is 0 Å². The Morgan fingerprint density at radius 3 is 1.14 bits per heavy atom. The quantitative estimate of drug-likeness (QED) is 0.303. The second-order valence-electron chi connectivity index (χ2n) is 0.408. The Balaban J connectivity index is -0.0000000800. The molecule has 0 atom stereocenters. The molecule has 1 radical (unpaired) electrons. The smallest absolute Gasteiger partial charge is 0.759 e. The van der Waals surface area contributed by atoms with Crippen LogP contribution in [-0.4, -0.2) is 17.5 Å². The van der Waals surface area contributed by atoms with Gasteiger partial charge in [0.25, 0.3) is 0 Å². The van der Waals surface area contributed by atoms with Gasteiger partial charge in [-0.1, -0.05) is 0 Å². The fraction of sp³-hybridized carbons (Fsp3) is 0. The Morgan fingerprint density at radius 1 is 1.14 bits per heavy atom. The van der Waals surface area contributed by atoms with Gasteiger partial charge in [0.2, 0.25) is 0 Å². The molecule has 0 aliphatic carbocycles. The molecule has 0 heterocycles. The molecule has 0 unspecified atom stereocenters. The Kier molecular flexibility index (Phi) is 10.3. The first-order valence-corrected chi connectivity index (χ1v) is 2.00. The zero-order valence-electron chi connectivity index (χ0n) is 2.97. The second kappa shape index (κ2) is 4.61. The van der Waals surface area contributed by atoms with Crippen molar-refractivity contribution in [3.05, 3.63) is 6.15 Å². The van der Waals surface area contributed by atoms with Crippen LogP contribution < -0.4 is 0 Å². The molecule has 0 saturated carbocycles. The van der Waals surface area contributed by atoms with E-state index < -0.39 is 10.4 Å². The molecule has 5 nitrogen and oxygen atoms in total. The van der Waals surface area contributed by atoms with Crippen molar-refractivity contribution in [2.75, 3.05) is 0 Å². The normalized spacial score (nSPS) is 8.29. The average molecular weight is 213 g/mol. The van der Waals surface area contributed by atoms with E-state index in [0.717, 1.165) is 0 Å². The Labute approximate surface area is 54.0 Å². The Bertz CT molecular complexity index is 94.9. The Morgan fingerprint density at radius 2 is 1.14 bits per heavy atom. The van der Waals surface area contributed by atoms with E-state index in [1.807, 2.05) is 0 Å². The summed E-state index contributed by atoms with van der Waals surface area (Å²) in [6.45, 7) is 0. The zero-order chi connectivity index (χ0) is 4.50. The summed E-state index contributed by atoms with van der Waals surface area (Å²) in [6.07, 6.45) is 0. The minimum absolute atomic E-state index is 0. The maximum Gasteiger partial charge on any atom is 3.00 e. The van der Waals surface area contributed by atoms with Crippen LogP contribution in [0.1, 0.15) is 0 Å². The van der Waals surface area contributed by atoms with E-state index in [1.165, 1.54) is 0 Å². The van der Waals surface area contributed by atoms with E-state index in [9.17, 15) is 0 Å². The van der Waals surface area contributed by atoms with Crippen molar-refractivity contribution in [3.8, 4) is 0 Å². The van der Waals surface area contributed by atoms with Crippen LogP contribution in [0.15, 0.2) is 0 Å². The number of hydrogen-bond acceptors (Lipinski definition) is 4. The third kappa shape index (κ3) is 623. The van der Waals surface area contributed by atoms with Crippen molar-refractivity contribution in [1.82, 2.24) is 0 Å². The van der Waals surface area contributed by atoms with Crippen molar-refractivity contribution in [1.29, 1.82) is 0 Å². The van der Waals surface area contributed by atoms with E-state index in [2.05, 4.69) is 0 Å². The number of hydrogen-bond donors (Lipinski definition) is 0. The van der Waals surface area contributed by atoms with Gasteiger partial charge in [-0.05, 0) is 0 Å². The summed E-state index contributed by atoms with van der Waals surface area (Å²) in [4.78, 5) is 0. The van der Waals surface area contributed by atoms with Gasteiger partial charge in [-0.3, -0.25) is 8.42 Å². The Hall–Kier alpha value is 0.453. The van der Waals surface area contributed by atoms with Gasteiger partial charge in [0.15, 0.2) is 0 Å². The van der Waals surface area contributed by atoms with Gasteiger partial charge in [0.1, 0.15) is 0 Å². The molecule has 0 saturated heterocycles. The summed E-state index contributed by atoms with van der Waals surface area (Å²) in [5, 5.41) is 0. The van der Waals surface area contributed by atoms with Crippen LogP contribution in [0.5, 0.6) is 0 Å². The molecule has 0 aromatic rings. The minimum atomic E-state index is -5.17. The van der Waals surface area contributed by atoms with E-state index in [4.69, 9.17) is 17.5 Å². The van der Waals surface area contributed by atoms with Gasteiger partial charge >= 0.3 is 19.5 Å². The second-order valence-corrected chi connectivity index (χ2v) is 1.22.